The van der Waals surface area contributed by atoms with Crippen LogP contribution in [0.2, 0.25) is 0 Å². The van der Waals surface area contributed by atoms with Gasteiger partial charge in [-0.1, -0.05) is 0 Å². The Morgan fingerprint density at radius 3 is 3.10 bits per heavy atom. The molecule has 0 saturated carbocycles. The molecule has 0 atom stereocenters. The van der Waals surface area contributed by atoms with Crippen LogP contribution in [0.25, 0.3) is 0 Å². The van der Waals surface area contributed by atoms with Crippen LogP contribution in [0.15, 0.2) is 22.2 Å². The van der Waals surface area contributed by atoms with Crippen molar-refractivity contribution < 1.29 is 9.53 Å². The van der Waals surface area contributed by atoms with E-state index in [0.717, 1.165) is 0 Å². The van der Waals surface area contributed by atoms with Crippen LogP contribution in [0, 0.1) is 0 Å². The minimum absolute atomic E-state index is 0.155. The molecule has 0 aliphatic carbocycles. The molecule has 1 aliphatic rings. The Kier molecular flexibility index (Phi) is 1.99. The van der Waals surface area contributed by atoms with E-state index in [9.17, 15) is 4.79 Å². The van der Waals surface area contributed by atoms with Crippen molar-refractivity contribution in [2.24, 2.45) is 10.3 Å². The predicted molar refractivity (Wildman–Crippen MR) is 31.7 cm³/mol. The summed E-state index contributed by atoms with van der Waals surface area (Å²) in [4.78, 5) is 10.2. The van der Waals surface area contributed by atoms with Gasteiger partial charge in [-0.25, -0.2) is 0 Å². The van der Waals surface area contributed by atoms with Crippen molar-refractivity contribution in [1.82, 2.24) is 5.43 Å². The van der Waals surface area contributed by atoms with Crippen LogP contribution in [-0.4, -0.2) is 12.6 Å². The van der Waals surface area contributed by atoms with E-state index in [0.29, 0.717) is 5.70 Å². The van der Waals surface area contributed by atoms with Crippen LogP contribution >= 0.6 is 0 Å². The van der Waals surface area contributed by atoms with Gasteiger partial charge in [0.05, 0.1) is 6.20 Å². The van der Waals surface area contributed by atoms with Gasteiger partial charge in [0.2, 0.25) is 0 Å². The molecule has 0 bridgehead atoms. The van der Waals surface area contributed by atoms with Gasteiger partial charge in [0, 0.05) is 6.92 Å². The topological polar surface area (TPSA) is 65.1 Å². The summed E-state index contributed by atoms with van der Waals surface area (Å²) in [6.07, 6.45) is 1.45. The number of carbonyl (C=O) groups is 1. The summed E-state index contributed by atoms with van der Waals surface area (Å²) in [7, 11) is 0. The predicted octanol–water partition coefficient (Wildman–Crippen LogP) is 0.376. The van der Waals surface area contributed by atoms with Gasteiger partial charge >= 0.3 is 5.97 Å². The zero-order valence-corrected chi connectivity index (χ0v) is 5.44. The standard InChI is InChI=1S/C5H6N3O2/c1-4(9)10-3-5-2-6-8-7-5/h2H,3H2,1H3. The highest BCUT2D eigenvalue weighted by atomic mass is 16.5. The van der Waals surface area contributed by atoms with Gasteiger partial charge in [0.25, 0.3) is 0 Å². The van der Waals surface area contributed by atoms with Crippen molar-refractivity contribution in [2.75, 3.05) is 6.61 Å². The second kappa shape index (κ2) is 2.95. The third kappa shape index (κ3) is 1.85. The lowest BCUT2D eigenvalue weighted by molar-refractivity contribution is -0.139. The largest absolute Gasteiger partial charge is 0.459 e. The molecule has 1 aliphatic heterocycles. The number of esters is 1. The molecular weight excluding hydrogens is 134 g/mol. The van der Waals surface area contributed by atoms with Crippen molar-refractivity contribution in [1.29, 1.82) is 0 Å². The van der Waals surface area contributed by atoms with Crippen LogP contribution in [0.1, 0.15) is 6.92 Å². The lowest BCUT2D eigenvalue weighted by atomic mass is 10.5. The fourth-order valence-electron chi connectivity index (χ4n) is 0.443. The molecule has 10 heavy (non-hydrogen) atoms. The molecule has 0 saturated heterocycles. The van der Waals surface area contributed by atoms with Gasteiger partial charge in [-0.15, -0.1) is 10.5 Å². The van der Waals surface area contributed by atoms with E-state index in [1.54, 1.807) is 0 Å². The minimum Gasteiger partial charge on any atom is -0.459 e. The van der Waals surface area contributed by atoms with Crippen molar-refractivity contribution in [3.05, 3.63) is 11.9 Å². The van der Waals surface area contributed by atoms with E-state index in [2.05, 4.69) is 20.5 Å². The van der Waals surface area contributed by atoms with Gasteiger partial charge in [0.15, 0.2) is 0 Å². The molecule has 1 heterocycles. The highest BCUT2D eigenvalue weighted by Crippen LogP contribution is 2.02. The van der Waals surface area contributed by atoms with Crippen LogP contribution in [0.4, 0.5) is 0 Å². The maximum atomic E-state index is 10.2. The summed E-state index contributed by atoms with van der Waals surface area (Å²) in [6, 6.07) is 0. The molecule has 5 heteroatoms. The maximum absolute atomic E-state index is 10.2. The quantitative estimate of drug-likeness (QED) is 0.520. The first-order valence-electron chi connectivity index (χ1n) is 2.72. The molecule has 1 rings (SSSR count). The van der Waals surface area contributed by atoms with E-state index in [1.165, 1.54) is 13.1 Å². The smallest absolute Gasteiger partial charge is 0.303 e. The van der Waals surface area contributed by atoms with E-state index >= 15 is 0 Å². The molecule has 0 aromatic rings. The van der Waals surface area contributed by atoms with Crippen LogP contribution < -0.4 is 5.43 Å². The van der Waals surface area contributed by atoms with Crippen LogP contribution in [0.3, 0.4) is 0 Å². The SMILES string of the molecule is CC(=O)OCC1=C[N]N=N1. The Labute approximate surface area is 57.7 Å². The summed E-state index contributed by atoms with van der Waals surface area (Å²) in [6.45, 7) is 1.49. The Balaban J connectivity index is 2.26. The molecule has 0 spiro atoms. The zero-order chi connectivity index (χ0) is 7.40. The summed E-state index contributed by atoms with van der Waals surface area (Å²) in [5.41, 5.74) is 4.01. The molecular formula is C5H6N3O2. The number of hydrogen-bond acceptors (Lipinski definition) is 4. The number of ether oxygens (including phenoxy) is 1. The average Bonchev–Trinajstić information content (AvgIpc) is 2.34. The van der Waals surface area contributed by atoms with Crippen LogP contribution in [0.5, 0.6) is 0 Å². The summed E-state index contributed by atoms with van der Waals surface area (Å²) in [5.74, 6) is -0.331. The van der Waals surface area contributed by atoms with Crippen LogP contribution in [-0.2, 0) is 9.53 Å². The molecule has 1 radical (unpaired) electrons. The molecule has 0 aromatic carbocycles. The maximum Gasteiger partial charge on any atom is 0.303 e. The van der Waals surface area contributed by atoms with Gasteiger partial charge in [-0.2, -0.15) is 0 Å². The molecule has 0 fully saturated rings. The van der Waals surface area contributed by atoms with Crippen molar-refractivity contribution in [3.63, 3.8) is 0 Å². The first-order valence-corrected chi connectivity index (χ1v) is 2.72. The second-order valence-corrected chi connectivity index (χ2v) is 1.71. The monoisotopic (exact) mass is 140 g/mol. The fourth-order valence-corrected chi connectivity index (χ4v) is 0.443. The van der Waals surface area contributed by atoms with Gasteiger partial charge in [-0.05, 0) is 5.22 Å². The Hall–Kier alpha value is -1.39. The van der Waals surface area contributed by atoms with Gasteiger partial charge in [0.1, 0.15) is 12.3 Å². The Morgan fingerprint density at radius 2 is 2.60 bits per heavy atom. The average molecular weight is 140 g/mol. The summed E-state index contributed by atoms with van der Waals surface area (Å²) >= 11 is 0. The van der Waals surface area contributed by atoms with Gasteiger partial charge in [-0.3, -0.25) is 4.79 Å². The molecule has 5 nitrogen and oxygen atoms in total. The molecule has 0 aromatic heterocycles. The van der Waals surface area contributed by atoms with Crippen molar-refractivity contribution in [3.8, 4) is 0 Å². The number of rotatable bonds is 2. The summed E-state index contributed by atoms with van der Waals surface area (Å²) < 4.78 is 4.60. The minimum atomic E-state index is -0.331. The third-order valence-electron chi connectivity index (χ3n) is 0.855. The molecule has 0 amide bonds. The Bertz CT molecular complexity index is 197. The highest BCUT2D eigenvalue weighted by molar-refractivity contribution is 5.66. The first kappa shape index (κ1) is 6.73. The molecule has 0 unspecified atom stereocenters. The molecule has 0 N–H and O–H groups in total. The third-order valence-corrected chi connectivity index (χ3v) is 0.855. The highest BCUT2D eigenvalue weighted by Gasteiger charge is 2.02. The normalized spacial score (nSPS) is 14.3. The lowest BCUT2D eigenvalue weighted by Crippen LogP contribution is -2.01. The molecule has 53 valence electrons. The second-order valence-electron chi connectivity index (χ2n) is 1.71. The fraction of sp³-hybridized carbons (Fsp3) is 0.400. The van der Waals surface area contributed by atoms with E-state index in [1.807, 2.05) is 0 Å². The number of hydrogen-bond donors (Lipinski definition) is 0. The van der Waals surface area contributed by atoms with Gasteiger partial charge < -0.3 is 4.74 Å². The van der Waals surface area contributed by atoms with Crippen molar-refractivity contribution in [2.45, 2.75) is 6.92 Å². The number of carbonyl (C=O) groups excluding carboxylic acids is 1. The zero-order valence-electron chi connectivity index (χ0n) is 5.44. The number of nitrogens with zero attached hydrogens (tertiary/aromatic N) is 3. The lowest BCUT2D eigenvalue weighted by Gasteiger charge is -1.95. The van der Waals surface area contributed by atoms with E-state index < -0.39 is 0 Å². The van der Waals surface area contributed by atoms with E-state index in [-0.39, 0.29) is 12.6 Å². The first-order chi connectivity index (χ1) is 4.79. The van der Waals surface area contributed by atoms with Crippen molar-refractivity contribution >= 4 is 5.97 Å². The Morgan fingerprint density at radius 1 is 1.80 bits per heavy atom. The van der Waals surface area contributed by atoms with E-state index in [4.69, 9.17) is 0 Å². The summed E-state index contributed by atoms with van der Waals surface area (Å²) in [5, 5.41) is 6.86.